The van der Waals surface area contributed by atoms with Gasteiger partial charge in [0.25, 0.3) is 0 Å². The van der Waals surface area contributed by atoms with Crippen molar-refractivity contribution in [2.75, 3.05) is 0 Å². The quantitative estimate of drug-likeness (QED) is 0.253. The Hall–Kier alpha value is -4.58. The maximum absolute atomic E-state index is 12.5. The molecule has 0 aliphatic heterocycles. The van der Waals surface area contributed by atoms with Gasteiger partial charge in [0.2, 0.25) is 0 Å². The Morgan fingerprint density at radius 1 is 0.735 bits per heavy atom. The highest BCUT2D eigenvalue weighted by molar-refractivity contribution is 5.91. The van der Waals surface area contributed by atoms with E-state index in [2.05, 4.69) is 0 Å². The van der Waals surface area contributed by atoms with Crippen LogP contribution >= 0.6 is 0 Å². The molecule has 0 bridgehead atoms. The fourth-order valence-electron chi connectivity index (χ4n) is 3.55. The van der Waals surface area contributed by atoms with Gasteiger partial charge in [-0.25, -0.2) is 9.59 Å². The molecule has 0 radical (unpaired) electrons. The number of hydrogen-bond acceptors (Lipinski definition) is 5. The first-order chi connectivity index (χ1) is 16.4. The number of ether oxygens (including phenoxy) is 2. The fourth-order valence-corrected chi connectivity index (χ4v) is 3.55. The van der Waals surface area contributed by atoms with Gasteiger partial charge in [-0.1, -0.05) is 37.3 Å². The van der Waals surface area contributed by atoms with Gasteiger partial charge in [-0.05, 0) is 77.9 Å². The van der Waals surface area contributed by atoms with Crippen LogP contribution in [0.15, 0.2) is 97.1 Å². The number of carboxylic acids is 1. The van der Waals surface area contributed by atoms with E-state index >= 15 is 0 Å². The molecule has 4 aromatic carbocycles. The average molecular weight is 454 g/mol. The molecular formula is C28H22O6. The van der Waals surface area contributed by atoms with E-state index in [1.54, 1.807) is 66.7 Å². The summed E-state index contributed by atoms with van der Waals surface area (Å²) in [6, 6.07) is 26.8. The molecule has 4 rings (SSSR count). The lowest BCUT2D eigenvalue weighted by Gasteiger charge is -2.15. The zero-order valence-electron chi connectivity index (χ0n) is 18.3. The molecule has 1 unspecified atom stereocenters. The molecule has 0 heterocycles. The van der Waals surface area contributed by atoms with Gasteiger partial charge in [-0.2, -0.15) is 0 Å². The molecule has 170 valence electrons. The Kier molecular flexibility index (Phi) is 6.59. The van der Waals surface area contributed by atoms with E-state index in [1.165, 1.54) is 12.1 Å². The van der Waals surface area contributed by atoms with Crippen LogP contribution in [-0.4, -0.2) is 22.2 Å². The minimum absolute atomic E-state index is 0.141. The molecule has 0 fully saturated rings. The van der Waals surface area contributed by atoms with Crippen LogP contribution in [0.2, 0.25) is 0 Å². The van der Waals surface area contributed by atoms with Crippen LogP contribution in [0.25, 0.3) is 0 Å². The van der Waals surface area contributed by atoms with Gasteiger partial charge in [0.05, 0.1) is 11.1 Å². The molecule has 0 spiro atoms. The second kappa shape index (κ2) is 9.92. The minimum Gasteiger partial charge on any atom is -0.508 e. The molecule has 34 heavy (non-hydrogen) atoms. The molecule has 2 N–H and O–H groups in total. The normalized spacial score (nSPS) is 11.4. The predicted octanol–water partition coefficient (Wildman–Crippen LogP) is 6.25. The van der Waals surface area contributed by atoms with Crippen LogP contribution in [0.4, 0.5) is 0 Å². The van der Waals surface area contributed by atoms with Crippen molar-refractivity contribution in [3.05, 3.63) is 119 Å². The van der Waals surface area contributed by atoms with E-state index in [0.29, 0.717) is 28.4 Å². The van der Waals surface area contributed by atoms with Gasteiger partial charge in [0.15, 0.2) is 0 Å². The molecular weight excluding hydrogens is 432 g/mol. The highest BCUT2D eigenvalue weighted by Crippen LogP contribution is 2.29. The molecule has 4 aromatic rings. The van der Waals surface area contributed by atoms with Gasteiger partial charge < -0.3 is 19.7 Å². The van der Waals surface area contributed by atoms with Crippen LogP contribution < -0.4 is 9.47 Å². The zero-order chi connectivity index (χ0) is 24.1. The van der Waals surface area contributed by atoms with E-state index in [1.807, 2.05) is 25.1 Å². The van der Waals surface area contributed by atoms with Crippen molar-refractivity contribution in [3.8, 4) is 23.0 Å². The number of carboxylic acid groups (broad SMARTS) is 1. The molecule has 0 aliphatic rings. The second-order valence-corrected chi connectivity index (χ2v) is 7.69. The molecule has 6 heteroatoms. The Labute approximate surface area is 196 Å². The van der Waals surface area contributed by atoms with Crippen LogP contribution in [-0.2, 0) is 0 Å². The third-order valence-electron chi connectivity index (χ3n) is 5.41. The lowest BCUT2D eigenvalue weighted by atomic mass is 9.89. The Bertz CT molecular complexity index is 1290. The third-order valence-corrected chi connectivity index (χ3v) is 5.41. The maximum Gasteiger partial charge on any atom is 0.343 e. The highest BCUT2D eigenvalue weighted by Gasteiger charge is 2.17. The predicted molar refractivity (Wildman–Crippen MR) is 127 cm³/mol. The van der Waals surface area contributed by atoms with Gasteiger partial charge in [-0.15, -0.1) is 0 Å². The summed E-state index contributed by atoms with van der Waals surface area (Å²) in [5.74, 6) is 0.0319. The maximum atomic E-state index is 12.5. The average Bonchev–Trinajstić information content (AvgIpc) is 2.86. The van der Waals surface area contributed by atoms with Crippen molar-refractivity contribution >= 4 is 11.9 Å². The summed E-state index contributed by atoms with van der Waals surface area (Å²) >= 11 is 0. The summed E-state index contributed by atoms with van der Waals surface area (Å²) in [5.41, 5.74) is 2.26. The van der Waals surface area contributed by atoms with E-state index in [9.17, 15) is 19.8 Å². The number of aromatic hydroxyl groups is 1. The molecule has 0 saturated heterocycles. The van der Waals surface area contributed by atoms with Crippen LogP contribution in [0.3, 0.4) is 0 Å². The fraction of sp³-hybridized carbons (Fsp3) is 0.0714. The number of carbonyl (C=O) groups is 2. The van der Waals surface area contributed by atoms with Crippen molar-refractivity contribution in [1.29, 1.82) is 0 Å². The zero-order valence-corrected chi connectivity index (χ0v) is 18.3. The summed E-state index contributed by atoms with van der Waals surface area (Å²) in [7, 11) is 0. The summed E-state index contributed by atoms with van der Waals surface area (Å²) in [4.78, 5) is 24.0. The summed E-state index contributed by atoms with van der Waals surface area (Å²) < 4.78 is 11.2. The Balaban J connectivity index is 1.41. The Morgan fingerprint density at radius 3 is 1.91 bits per heavy atom. The van der Waals surface area contributed by atoms with Gasteiger partial charge in [0, 0.05) is 5.92 Å². The number of esters is 1. The molecule has 1 atom stereocenters. The number of carbonyl (C=O) groups excluding carboxylic acids is 1. The molecule has 0 aliphatic carbocycles. The number of aromatic carboxylic acids is 1. The molecule has 0 amide bonds. The second-order valence-electron chi connectivity index (χ2n) is 7.69. The molecule has 6 nitrogen and oxygen atoms in total. The molecule has 0 aromatic heterocycles. The number of rotatable bonds is 7. The van der Waals surface area contributed by atoms with Crippen molar-refractivity contribution in [2.24, 2.45) is 0 Å². The summed E-state index contributed by atoms with van der Waals surface area (Å²) in [6.45, 7) is 1.94. The molecule has 0 saturated carbocycles. The lowest BCUT2D eigenvalue weighted by molar-refractivity contribution is 0.0692. The monoisotopic (exact) mass is 454 g/mol. The van der Waals surface area contributed by atoms with Gasteiger partial charge >= 0.3 is 11.9 Å². The van der Waals surface area contributed by atoms with E-state index in [0.717, 1.165) is 5.56 Å². The third kappa shape index (κ3) is 5.24. The number of hydrogen-bond donors (Lipinski definition) is 2. The largest absolute Gasteiger partial charge is 0.508 e. The van der Waals surface area contributed by atoms with Crippen molar-refractivity contribution in [3.63, 3.8) is 0 Å². The van der Waals surface area contributed by atoms with E-state index < -0.39 is 11.9 Å². The first-order valence-electron chi connectivity index (χ1n) is 10.6. The van der Waals surface area contributed by atoms with Crippen LogP contribution in [0.1, 0.15) is 44.7 Å². The van der Waals surface area contributed by atoms with Gasteiger partial charge in [0.1, 0.15) is 23.0 Å². The van der Waals surface area contributed by atoms with E-state index in [4.69, 9.17) is 9.47 Å². The number of phenolic OH excluding ortho intramolecular Hbond substituents is 1. The van der Waals surface area contributed by atoms with Crippen LogP contribution in [0, 0.1) is 0 Å². The highest BCUT2D eigenvalue weighted by atomic mass is 16.5. The van der Waals surface area contributed by atoms with Crippen molar-refractivity contribution < 1.29 is 29.3 Å². The topological polar surface area (TPSA) is 93.1 Å². The summed E-state index contributed by atoms with van der Waals surface area (Å²) in [5, 5.41) is 18.8. The summed E-state index contributed by atoms with van der Waals surface area (Å²) in [6.07, 6.45) is 0. The van der Waals surface area contributed by atoms with Crippen molar-refractivity contribution in [2.45, 2.75) is 12.8 Å². The SMILES string of the molecule is CC(c1ccc(OC(=O)c2ccc(Oc3ccc(O)cc3)cc2)cc1)c1ccccc1C(=O)O. The smallest absolute Gasteiger partial charge is 0.343 e. The van der Waals surface area contributed by atoms with Crippen molar-refractivity contribution in [1.82, 2.24) is 0 Å². The van der Waals surface area contributed by atoms with E-state index in [-0.39, 0.29) is 17.2 Å². The standard InChI is InChI=1S/C28H22O6/c1-18(25-4-2-3-5-26(25)27(30)31)19-6-12-24(13-7-19)34-28(32)20-8-14-22(15-9-20)33-23-16-10-21(29)11-17-23/h2-18,29H,1H3,(H,30,31). The number of benzene rings is 4. The minimum atomic E-state index is -0.965. The first-order valence-corrected chi connectivity index (χ1v) is 10.6. The lowest BCUT2D eigenvalue weighted by Crippen LogP contribution is -2.09. The Morgan fingerprint density at radius 2 is 1.29 bits per heavy atom. The first kappa shape index (κ1) is 22.6. The van der Waals surface area contributed by atoms with Gasteiger partial charge in [-0.3, -0.25) is 0 Å². The van der Waals surface area contributed by atoms with Crippen LogP contribution in [0.5, 0.6) is 23.0 Å². The number of phenols is 1.